The van der Waals surface area contributed by atoms with Crippen molar-refractivity contribution in [2.24, 2.45) is 0 Å². The number of aryl methyl sites for hydroxylation is 1. The Kier molecular flexibility index (Phi) is 6.66. The van der Waals surface area contributed by atoms with Gasteiger partial charge in [-0.3, -0.25) is 0 Å². The van der Waals surface area contributed by atoms with E-state index in [2.05, 4.69) is 16.0 Å². The van der Waals surface area contributed by atoms with Gasteiger partial charge in [-0.15, -0.1) is 0 Å². The van der Waals surface area contributed by atoms with Crippen molar-refractivity contribution >= 4 is 51.7 Å². The fourth-order valence-electron chi connectivity index (χ4n) is 6.31. The molecular weight excluding hydrogens is 594 g/mol. The Labute approximate surface area is 271 Å². The van der Waals surface area contributed by atoms with Gasteiger partial charge in [0.2, 0.25) is 0 Å². The van der Waals surface area contributed by atoms with E-state index in [0.717, 1.165) is 39.4 Å². The number of carbonyl (C=O) groups is 1. The van der Waals surface area contributed by atoms with Gasteiger partial charge in [0.1, 0.15) is 11.5 Å². The van der Waals surface area contributed by atoms with Crippen LogP contribution >= 0.6 is 11.6 Å². The van der Waals surface area contributed by atoms with E-state index < -0.39 is 5.60 Å². The Morgan fingerprint density at radius 3 is 2.04 bits per heavy atom. The zero-order valence-corrected chi connectivity index (χ0v) is 25.6. The van der Waals surface area contributed by atoms with Gasteiger partial charge in [-0.1, -0.05) is 78.3 Å². The molecule has 3 N–H and O–H groups in total. The van der Waals surface area contributed by atoms with E-state index in [1.54, 1.807) is 6.07 Å². The largest absolute Gasteiger partial charge is 0.456 e. The number of ether oxygens (including phenoxy) is 2. The zero-order valence-electron chi connectivity index (χ0n) is 24.8. The average molecular weight is 622 g/mol. The maximum Gasteiger partial charge on any atom is 0.340 e. The molecule has 8 rings (SSSR count). The van der Waals surface area contributed by atoms with Crippen LogP contribution in [0, 0.1) is 6.92 Å². The minimum Gasteiger partial charge on any atom is -0.456 e. The summed E-state index contributed by atoms with van der Waals surface area (Å²) in [4.78, 5) is 13.4. The van der Waals surface area contributed by atoms with Crippen LogP contribution in [0.4, 0.5) is 34.1 Å². The van der Waals surface area contributed by atoms with Crippen molar-refractivity contribution in [3.63, 3.8) is 0 Å². The van der Waals surface area contributed by atoms with E-state index in [1.807, 2.05) is 134 Å². The summed E-state index contributed by atoms with van der Waals surface area (Å²) >= 11 is 7.02. The molecule has 6 nitrogen and oxygen atoms in total. The SMILES string of the molecule is Cc1ccc(Nc2ccc(Nc3ccccc3)cc2)c(Nc2cccc3c2C2(OC(=O)c4ccccc42)c2ccccc2O3)c1Cl. The van der Waals surface area contributed by atoms with Crippen molar-refractivity contribution in [2.75, 3.05) is 16.0 Å². The number of anilines is 6. The molecule has 0 radical (unpaired) electrons. The molecule has 1 unspecified atom stereocenters. The van der Waals surface area contributed by atoms with Crippen LogP contribution < -0.4 is 20.7 Å². The number of hydrogen-bond acceptors (Lipinski definition) is 6. The molecule has 2 heterocycles. The highest BCUT2D eigenvalue weighted by molar-refractivity contribution is 6.35. The molecule has 0 aromatic heterocycles. The predicted molar refractivity (Wildman–Crippen MR) is 184 cm³/mol. The van der Waals surface area contributed by atoms with Crippen molar-refractivity contribution in [1.29, 1.82) is 0 Å². The standard InChI is InChI=1S/C39H28ClN3O3/c1-24-18-23-32(42-27-21-19-26(20-22-27)41-25-10-3-2-4-11-25)37(36(24)40)43-31-15-9-17-34-35(31)39(30-14-7-8-16-33(30)45-34)29-13-6-5-12-28(29)38(44)46-39/h2-23,41-43H,1H3. The van der Waals surface area contributed by atoms with E-state index in [4.69, 9.17) is 21.1 Å². The first-order valence-corrected chi connectivity index (χ1v) is 15.4. The van der Waals surface area contributed by atoms with Crippen LogP contribution in [0.25, 0.3) is 0 Å². The summed E-state index contributed by atoms with van der Waals surface area (Å²) in [5.41, 5.74) is 7.52. The summed E-state index contributed by atoms with van der Waals surface area (Å²) in [6.45, 7) is 1.97. The summed E-state index contributed by atoms with van der Waals surface area (Å²) in [6.07, 6.45) is 0. The minimum absolute atomic E-state index is 0.380. The predicted octanol–water partition coefficient (Wildman–Crippen LogP) is 10.4. The van der Waals surface area contributed by atoms with Crippen LogP contribution in [-0.2, 0) is 10.3 Å². The third kappa shape index (κ3) is 4.54. The quantitative estimate of drug-likeness (QED) is 0.161. The van der Waals surface area contributed by atoms with Crippen LogP contribution in [0.15, 0.2) is 133 Å². The highest BCUT2D eigenvalue weighted by Gasteiger charge is 2.54. The van der Waals surface area contributed by atoms with Crippen molar-refractivity contribution < 1.29 is 14.3 Å². The van der Waals surface area contributed by atoms with Crippen molar-refractivity contribution in [3.8, 4) is 11.5 Å². The van der Waals surface area contributed by atoms with Gasteiger partial charge in [-0.05, 0) is 79.2 Å². The van der Waals surface area contributed by atoms with Crippen LogP contribution in [0.3, 0.4) is 0 Å². The number of para-hydroxylation sites is 2. The number of esters is 1. The Morgan fingerprint density at radius 1 is 0.587 bits per heavy atom. The lowest BCUT2D eigenvalue weighted by atomic mass is 9.77. The molecule has 2 aliphatic rings. The average Bonchev–Trinajstić information content (AvgIpc) is 3.38. The molecule has 1 spiro atoms. The molecule has 0 aliphatic carbocycles. The maximum absolute atomic E-state index is 13.4. The third-order valence-corrected chi connectivity index (χ3v) is 8.94. The number of carbonyl (C=O) groups excluding carboxylic acids is 1. The highest BCUT2D eigenvalue weighted by atomic mass is 35.5. The Hall–Kier alpha value is -5.72. The molecule has 1 atom stereocenters. The summed E-state index contributed by atoms with van der Waals surface area (Å²) in [5, 5.41) is 11.1. The van der Waals surface area contributed by atoms with Gasteiger partial charge in [0.25, 0.3) is 0 Å². The minimum atomic E-state index is -1.22. The summed E-state index contributed by atoms with van der Waals surface area (Å²) < 4.78 is 12.9. The highest BCUT2D eigenvalue weighted by Crippen LogP contribution is 2.58. The maximum atomic E-state index is 13.4. The van der Waals surface area contributed by atoms with Gasteiger partial charge >= 0.3 is 5.97 Å². The third-order valence-electron chi connectivity index (χ3n) is 8.46. The van der Waals surface area contributed by atoms with E-state index >= 15 is 0 Å². The second-order valence-electron chi connectivity index (χ2n) is 11.3. The Balaban J connectivity index is 1.20. The van der Waals surface area contributed by atoms with E-state index in [0.29, 0.717) is 39.0 Å². The first-order chi connectivity index (χ1) is 22.5. The van der Waals surface area contributed by atoms with Crippen molar-refractivity contribution in [2.45, 2.75) is 12.5 Å². The van der Waals surface area contributed by atoms with Crippen LogP contribution in [0.2, 0.25) is 5.02 Å². The van der Waals surface area contributed by atoms with Crippen LogP contribution in [0.5, 0.6) is 11.5 Å². The number of nitrogens with one attached hydrogen (secondary N) is 3. The van der Waals surface area contributed by atoms with Crippen molar-refractivity contribution in [1.82, 2.24) is 0 Å². The molecule has 224 valence electrons. The van der Waals surface area contributed by atoms with Gasteiger partial charge in [0.05, 0.1) is 33.2 Å². The number of rotatable bonds is 6. The lowest BCUT2D eigenvalue weighted by Crippen LogP contribution is -2.33. The van der Waals surface area contributed by atoms with E-state index in [-0.39, 0.29) is 5.97 Å². The second kappa shape index (κ2) is 11.0. The monoisotopic (exact) mass is 621 g/mol. The summed E-state index contributed by atoms with van der Waals surface area (Å²) in [6, 6.07) is 43.1. The van der Waals surface area contributed by atoms with Crippen LogP contribution in [0.1, 0.15) is 32.6 Å². The van der Waals surface area contributed by atoms with Gasteiger partial charge in [0.15, 0.2) is 5.60 Å². The number of hydrogen-bond donors (Lipinski definition) is 3. The van der Waals surface area contributed by atoms with E-state index in [9.17, 15) is 4.79 Å². The summed E-state index contributed by atoms with van der Waals surface area (Å²) in [7, 11) is 0. The van der Waals surface area contributed by atoms with Gasteiger partial charge < -0.3 is 25.4 Å². The number of benzene rings is 6. The molecule has 0 bridgehead atoms. The molecular formula is C39H28ClN3O3. The molecule has 46 heavy (non-hydrogen) atoms. The lowest BCUT2D eigenvalue weighted by molar-refractivity contribution is 0.0227. The van der Waals surface area contributed by atoms with Crippen molar-refractivity contribution in [3.05, 3.63) is 166 Å². The second-order valence-corrected chi connectivity index (χ2v) is 11.7. The molecule has 0 amide bonds. The fraction of sp³-hybridized carbons (Fsp3) is 0.0513. The topological polar surface area (TPSA) is 71.6 Å². The molecule has 0 fully saturated rings. The molecule has 7 heteroatoms. The number of halogens is 1. The normalized spacial score (nSPS) is 15.7. The molecule has 0 saturated carbocycles. The van der Waals surface area contributed by atoms with Crippen LogP contribution in [-0.4, -0.2) is 5.97 Å². The van der Waals surface area contributed by atoms with Gasteiger partial charge in [0, 0.05) is 28.2 Å². The fourth-order valence-corrected chi connectivity index (χ4v) is 6.52. The zero-order chi connectivity index (χ0) is 31.3. The molecule has 0 saturated heterocycles. The molecule has 6 aromatic carbocycles. The first kappa shape index (κ1) is 27.8. The molecule has 6 aromatic rings. The lowest BCUT2D eigenvalue weighted by Gasteiger charge is -2.38. The Bertz CT molecular complexity index is 2130. The van der Waals surface area contributed by atoms with Gasteiger partial charge in [-0.2, -0.15) is 0 Å². The molecule has 2 aliphatic heterocycles. The Morgan fingerprint density at radius 2 is 1.24 bits per heavy atom. The first-order valence-electron chi connectivity index (χ1n) is 15.0. The summed E-state index contributed by atoms with van der Waals surface area (Å²) in [5.74, 6) is 0.847. The smallest absolute Gasteiger partial charge is 0.340 e. The van der Waals surface area contributed by atoms with Gasteiger partial charge in [-0.25, -0.2) is 4.79 Å². The number of fused-ring (bicyclic) bond motifs is 6. The van der Waals surface area contributed by atoms with E-state index in [1.165, 1.54) is 0 Å².